The number of phenols is 2. The lowest BCUT2D eigenvalue weighted by atomic mass is 9.72. The Morgan fingerprint density at radius 2 is 1.78 bits per heavy atom. The van der Waals surface area contributed by atoms with Crippen molar-refractivity contribution in [2.24, 2.45) is 0 Å². The van der Waals surface area contributed by atoms with E-state index in [1.54, 1.807) is 6.92 Å². The molecule has 4 heterocycles. The number of rotatable bonds is 13. The summed E-state index contributed by atoms with van der Waals surface area (Å²) in [4.78, 5) is 56.2. The highest BCUT2D eigenvalue weighted by Crippen LogP contribution is 2.53. The number of benzene rings is 2. The van der Waals surface area contributed by atoms with Crippen LogP contribution in [0.1, 0.15) is 95.0 Å². The highest BCUT2D eigenvalue weighted by atomic mass is 16.7. The van der Waals surface area contributed by atoms with E-state index in [1.165, 1.54) is 32.4 Å². The van der Waals surface area contributed by atoms with Crippen molar-refractivity contribution in [2.45, 2.75) is 114 Å². The summed E-state index contributed by atoms with van der Waals surface area (Å²) in [5, 5.41) is 36.3. The van der Waals surface area contributed by atoms with Gasteiger partial charge in [0, 0.05) is 55.6 Å². The molecule has 18 nitrogen and oxygen atoms in total. The number of ketones is 3. The second kappa shape index (κ2) is 17.4. The van der Waals surface area contributed by atoms with E-state index in [2.05, 4.69) is 4.90 Å². The standard InChI is InChI=1S/C42H51NO17/c1-5-54-28(45)19-53-17-21-8-6-11-29(58-21)56-18-27(44)42(50)15-23-32(38(49)34-33(36(23)47)35(46)22-9-7-10-25(51-3)31(22)37(34)48)26(16-42)59-30-14-24-39(20(2)57-30)60-40-41(52-4)55-13-12-43(24)40/h7,9-10,20-21,24,26,29-30,39-41,47,49-50H,5-6,8,11-19H2,1-4H3/t20-,21?,24-,26-,29?,30-,39+,40+,41-,42-/m0/s1. The summed E-state index contributed by atoms with van der Waals surface area (Å²) in [6.45, 7) is 4.00. The molecule has 0 bridgehead atoms. The van der Waals surface area contributed by atoms with E-state index < -0.39 is 114 Å². The molecular formula is C42H51NO17. The Morgan fingerprint density at radius 3 is 2.55 bits per heavy atom. The number of hydrogen-bond acceptors (Lipinski definition) is 18. The highest BCUT2D eigenvalue weighted by molar-refractivity contribution is 6.31. The fraction of sp³-hybridized carbons (Fsp3) is 0.619. The maximum absolute atomic E-state index is 14.2. The average molecular weight is 842 g/mol. The molecule has 326 valence electrons. The quantitative estimate of drug-likeness (QED) is 0.166. The Hall–Kier alpha value is -4.08. The molecule has 0 radical (unpaired) electrons. The van der Waals surface area contributed by atoms with Crippen molar-refractivity contribution in [3.05, 3.63) is 51.6 Å². The van der Waals surface area contributed by atoms with Crippen LogP contribution in [0.5, 0.6) is 17.2 Å². The Labute approximate surface area is 345 Å². The van der Waals surface area contributed by atoms with Crippen molar-refractivity contribution in [1.82, 2.24) is 4.90 Å². The maximum Gasteiger partial charge on any atom is 0.332 e. The molecule has 0 saturated carbocycles. The minimum atomic E-state index is -2.25. The summed E-state index contributed by atoms with van der Waals surface area (Å²) in [6, 6.07) is 4.25. The van der Waals surface area contributed by atoms with Crippen LogP contribution in [0.2, 0.25) is 0 Å². The van der Waals surface area contributed by atoms with Crippen LogP contribution < -0.4 is 4.74 Å². The summed E-state index contributed by atoms with van der Waals surface area (Å²) in [7, 11) is 2.89. The molecule has 2 aromatic rings. The lowest BCUT2D eigenvalue weighted by Gasteiger charge is -2.43. The van der Waals surface area contributed by atoms with Gasteiger partial charge in [0.1, 0.15) is 42.2 Å². The number of morpholine rings is 1. The second-order valence-electron chi connectivity index (χ2n) is 15.9. The summed E-state index contributed by atoms with van der Waals surface area (Å²) in [5.41, 5.74) is -3.48. The molecule has 0 amide bonds. The van der Waals surface area contributed by atoms with E-state index in [1.807, 2.05) is 6.92 Å². The van der Waals surface area contributed by atoms with Gasteiger partial charge in [-0.05, 0) is 39.2 Å². The van der Waals surface area contributed by atoms with Crippen molar-refractivity contribution in [3.8, 4) is 17.2 Å². The molecule has 6 aliphatic rings. The van der Waals surface area contributed by atoms with Gasteiger partial charge in [-0.25, -0.2) is 4.79 Å². The van der Waals surface area contributed by atoms with Crippen LogP contribution >= 0.6 is 0 Å². The lowest BCUT2D eigenvalue weighted by Crippen LogP contribution is -2.55. The molecule has 0 aromatic heterocycles. The number of aliphatic hydroxyl groups is 1. The predicted molar refractivity (Wildman–Crippen MR) is 203 cm³/mol. The number of carbonyl (C=O) groups excluding carboxylic acids is 4. The first-order valence-electron chi connectivity index (χ1n) is 20.4. The number of esters is 1. The first-order valence-corrected chi connectivity index (χ1v) is 20.4. The molecule has 3 N–H and O–H groups in total. The average Bonchev–Trinajstić information content (AvgIpc) is 3.62. The number of aromatic hydroxyl groups is 2. The molecule has 2 aliphatic carbocycles. The van der Waals surface area contributed by atoms with Crippen molar-refractivity contribution < 1.29 is 81.9 Å². The van der Waals surface area contributed by atoms with Gasteiger partial charge in [0.25, 0.3) is 0 Å². The number of Topliss-reactive ketones (excluding diaryl/α,β-unsaturated/α-hetero) is 1. The minimum absolute atomic E-state index is 0.0445. The maximum atomic E-state index is 14.2. The van der Waals surface area contributed by atoms with E-state index in [0.717, 1.165) is 0 Å². The summed E-state index contributed by atoms with van der Waals surface area (Å²) < 4.78 is 58.2. The van der Waals surface area contributed by atoms with Crippen LogP contribution in [-0.4, -0.2) is 152 Å². The molecule has 4 saturated heterocycles. The zero-order valence-electron chi connectivity index (χ0n) is 33.9. The lowest BCUT2D eigenvalue weighted by molar-refractivity contribution is -0.256. The SMILES string of the molecule is CCOC(=O)COCC1CCCC(OCC(=O)[C@]2(O)Cc3c(O)c4c(c(O)c3[C@@H](O[C@H]3C[C@H]5[C@H](O[C@@H]6[C@@H](OC)OCCN65)[C@H](C)O3)C2)C(=O)c2c(OC)cccc2C4=O)O1. The van der Waals surface area contributed by atoms with Crippen molar-refractivity contribution in [3.63, 3.8) is 0 Å². The molecule has 0 spiro atoms. The van der Waals surface area contributed by atoms with Gasteiger partial charge in [-0.1, -0.05) is 12.1 Å². The van der Waals surface area contributed by atoms with E-state index in [-0.39, 0.29) is 66.4 Å². The Kier molecular flexibility index (Phi) is 12.3. The Balaban J connectivity index is 1.08. The van der Waals surface area contributed by atoms with Crippen LogP contribution in [0.3, 0.4) is 0 Å². The monoisotopic (exact) mass is 841 g/mol. The summed E-state index contributed by atoms with van der Waals surface area (Å²) in [5.74, 6) is -3.97. The third-order valence-electron chi connectivity index (χ3n) is 12.2. The van der Waals surface area contributed by atoms with Crippen LogP contribution in [0.4, 0.5) is 0 Å². The smallest absolute Gasteiger partial charge is 0.332 e. The van der Waals surface area contributed by atoms with Gasteiger partial charge in [-0.15, -0.1) is 0 Å². The fourth-order valence-electron chi connectivity index (χ4n) is 9.43. The third-order valence-corrected chi connectivity index (χ3v) is 12.2. The molecule has 4 fully saturated rings. The molecule has 2 aromatic carbocycles. The van der Waals surface area contributed by atoms with E-state index in [0.29, 0.717) is 32.4 Å². The van der Waals surface area contributed by atoms with Crippen molar-refractivity contribution in [1.29, 1.82) is 0 Å². The van der Waals surface area contributed by atoms with E-state index in [4.69, 9.17) is 47.4 Å². The summed E-state index contributed by atoms with van der Waals surface area (Å²) >= 11 is 0. The van der Waals surface area contributed by atoms with Crippen molar-refractivity contribution >= 4 is 23.3 Å². The second-order valence-corrected chi connectivity index (χ2v) is 15.9. The van der Waals surface area contributed by atoms with E-state index in [9.17, 15) is 34.5 Å². The Morgan fingerprint density at radius 1 is 0.983 bits per heavy atom. The number of hydrogen-bond donors (Lipinski definition) is 3. The van der Waals surface area contributed by atoms with E-state index >= 15 is 0 Å². The fourth-order valence-corrected chi connectivity index (χ4v) is 9.43. The Bertz CT molecular complexity index is 2010. The minimum Gasteiger partial charge on any atom is -0.507 e. The normalized spacial score (nSPS) is 32.3. The zero-order chi connectivity index (χ0) is 42.5. The number of fused-ring (bicyclic) bond motifs is 6. The first-order chi connectivity index (χ1) is 28.9. The molecular weight excluding hydrogens is 790 g/mol. The van der Waals surface area contributed by atoms with Gasteiger partial charge in [0.15, 0.2) is 36.7 Å². The number of carbonyl (C=O) groups is 4. The van der Waals surface area contributed by atoms with Gasteiger partial charge in [0.05, 0.1) is 61.9 Å². The zero-order valence-corrected chi connectivity index (χ0v) is 33.9. The summed E-state index contributed by atoms with van der Waals surface area (Å²) in [6.07, 6.45) is -4.46. The molecule has 2 unspecified atom stereocenters. The molecule has 18 heteroatoms. The van der Waals surface area contributed by atoms with Gasteiger partial charge in [-0.3, -0.25) is 19.3 Å². The van der Waals surface area contributed by atoms with Crippen LogP contribution in [-0.2, 0) is 58.6 Å². The highest BCUT2D eigenvalue weighted by Gasteiger charge is 2.55. The topological polar surface area (TPSA) is 225 Å². The van der Waals surface area contributed by atoms with Gasteiger partial charge in [-0.2, -0.15) is 0 Å². The molecule has 8 rings (SSSR count). The van der Waals surface area contributed by atoms with Crippen LogP contribution in [0.15, 0.2) is 18.2 Å². The van der Waals surface area contributed by atoms with Crippen molar-refractivity contribution in [2.75, 3.05) is 53.8 Å². The number of phenolic OH excluding ortho intramolecular Hbond substituents is 2. The molecule has 10 atom stereocenters. The first kappa shape index (κ1) is 42.6. The van der Waals surface area contributed by atoms with Crippen LogP contribution in [0, 0.1) is 0 Å². The molecule has 4 aliphatic heterocycles. The number of methoxy groups -OCH3 is 2. The van der Waals surface area contributed by atoms with Gasteiger partial charge < -0.3 is 62.7 Å². The third kappa shape index (κ3) is 7.71. The predicted octanol–water partition coefficient (Wildman–Crippen LogP) is 2.21. The number of ether oxygens (including phenoxy) is 10. The largest absolute Gasteiger partial charge is 0.507 e. The van der Waals surface area contributed by atoms with Crippen LogP contribution in [0.25, 0.3) is 0 Å². The molecule has 60 heavy (non-hydrogen) atoms. The van der Waals surface area contributed by atoms with Gasteiger partial charge >= 0.3 is 5.97 Å². The number of nitrogens with zero attached hydrogens (tertiary/aromatic N) is 1. The van der Waals surface area contributed by atoms with Gasteiger partial charge in [0.2, 0.25) is 5.78 Å².